The predicted octanol–water partition coefficient (Wildman–Crippen LogP) is 1.32. The van der Waals surface area contributed by atoms with E-state index in [-0.39, 0.29) is 11.7 Å². The van der Waals surface area contributed by atoms with Crippen molar-refractivity contribution in [3.63, 3.8) is 0 Å². The van der Waals surface area contributed by atoms with Crippen LogP contribution in [0.4, 0.5) is 4.39 Å². The van der Waals surface area contributed by atoms with Crippen LogP contribution in [0.15, 0.2) is 24.3 Å². The minimum atomic E-state index is -0.342. The van der Waals surface area contributed by atoms with Crippen LogP contribution in [0.3, 0.4) is 0 Å². The molecule has 0 radical (unpaired) electrons. The fourth-order valence-corrected chi connectivity index (χ4v) is 2.06. The molecule has 1 heterocycles. The largest absolute Gasteiger partial charge is 0.376 e. The van der Waals surface area contributed by atoms with Gasteiger partial charge in [-0.2, -0.15) is 0 Å². The first-order valence-electron chi connectivity index (χ1n) is 6.62. The maximum Gasteiger partial charge on any atom is 0.251 e. The Bertz CT molecular complexity index is 402. The molecule has 19 heavy (non-hydrogen) atoms. The quantitative estimate of drug-likeness (QED) is 0.790. The molecule has 1 aromatic rings. The number of benzene rings is 1. The van der Waals surface area contributed by atoms with Crippen LogP contribution in [0.25, 0.3) is 0 Å². The highest BCUT2D eigenvalue weighted by Crippen LogP contribution is 2.06. The van der Waals surface area contributed by atoms with Crippen molar-refractivity contribution < 1.29 is 13.9 Å². The number of amides is 1. The average molecular weight is 266 g/mol. The molecule has 1 aliphatic heterocycles. The van der Waals surface area contributed by atoms with E-state index in [1.54, 1.807) is 0 Å². The van der Waals surface area contributed by atoms with Gasteiger partial charge < -0.3 is 15.4 Å². The number of hydrogen-bond donors (Lipinski definition) is 2. The molecule has 2 N–H and O–H groups in total. The molecule has 1 aliphatic rings. The van der Waals surface area contributed by atoms with E-state index in [0.717, 1.165) is 25.9 Å². The van der Waals surface area contributed by atoms with Crippen molar-refractivity contribution in [2.75, 3.05) is 26.2 Å². The van der Waals surface area contributed by atoms with E-state index in [0.29, 0.717) is 24.8 Å². The third-order valence-electron chi connectivity index (χ3n) is 3.13. The Morgan fingerprint density at radius 3 is 2.68 bits per heavy atom. The van der Waals surface area contributed by atoms with Gasteiger partial charge in [0.1, 0.15) is 5.82 Å². The van der Waals surface area contributed by atoms with E-state index >= 15 is 0 Å². The molecule has 0 saturated carbocycles. The lowest BCUT2D eigenvalue weighted by atomic mass is 10.1. The normalized spacial score (nSPS) is 16.3. The molecule has 5 heteroatoms. The Labute approximate surface area is 112 Å². The van der Waals surface area contributed by atoms with E-state index in [9.17, 15) is 9.18 Å². The lowest BCUT2D eigenvalue weighted by Crippen LogP contribution is -2.34. The number of rotatable bonds is 5. The van der Waals surface area contributed by atoms with Gasteiger partial charge in [-0.05, 0) is 50.2 Å². The van der Waals surface area contributed by atoms with Gasteiger partial charge in [-0.3, -0.25) is 4.79 Å². The Hall–Kier alpha value is -1.46. The SMILES string of the molecule is O=C(NCCOC1CCNCC1)c1ccc(F)cc1. The molecule has 1 aromatic carbocycles. The molecule has 0 aromatic heterocycles. The van der Waals surface area contributed by atoms with Crippen molar-refractivity contribution in [2.45, 2.75) is 18.9 Å². The highest BCUT2D eigenvalue weighted by molar-refractivity contribution is 5.94. The molecule has 2 rings (SSSR count). The van der Waals surface area contributed by atoms with E-state index in [1.165, 1.54) is 24.3 Å². The Balaban J connectivity index is 1.64. The summed E-state index contributed by atoms with van der Waals surface area (Å²) in [5, 5.41) is 6.03. The van der Waals surface area contributed by atoms with Gasteiger partial charge in [-0.25, -0.2) is 4.39 Å². The number of piperidine rings is 1. The Morgan fingerprint density at radius 1 is 1.32 bits per heavy atom. The molecule has 0 spiro atoms. The zero-order valence-corrected chi connectivity index (χ0v) is 10.8. The van der Waals surface area contributed by atoms with Crippen LogP contribution in [0.5, 0.6) is 0 Å². The first kappa shape index (κ1) is 14.0. The molecular formula is C14H19FN2O2. The van der Waals surface area contributed by atoms with Gasteiger partial charge in [0.15, 0.2) is 0 Å². The second-order valence-electron chi connectivity index (χ2n) is 4.58. The first-order chi connectivity index (χ1) is 9.25. The highest BCUT2D eigenvalue weighted by Gasteiger charge is 2.13. The fraction of sp³-hybridized carbons (Fsp3) is 0.500. The van der Waals surface area contributed by atoms with Crippen LogP contribution >= 0.6 is 0 Å². The van der Waals surface area contributed by atoms with Crippen molar-refractivity contribution in [3.8, 4) is 0 Å². The number of hydrogen-bond acceptors (Lipinski definition) is 3. The Kier molecular flexibility index (Phi) is 5.30. The number of halogens is 1. The summed E-state index contributed by atoms with van der Waals surface area (Å²) < 4.78 is 18.4. The number of carbonyl (C=O) groups is 1. The number of nitrogens with one attached hydrogen (secondary N) is 2. The van der Waals surface area contributed by atoms with Crippen molar-refractivity contribution in [3.05, 3.63) is 35.6 Å². The summed E-state index contributed by atoms with van der Waals surface area (Å²) in [4.78, 5) is 11.7. The molecule has 0 unspecified atom stereocenters. The van der Waals surface area contributed by atoms with Crippen molar-refractivity contribution in [2.24, 2.45) is 0 Å². The highest BCUT2D eigenvalue weighted by atomic mass is 19.1. The molecule has 0 atom stereocenters. The van der Waals surface area contributed by atoms with Gasteiger partial charge in [0.25, 0.3) is 5.91 Å². The lowest BCUT2D eigenvalue weighted by molar-refractivity contribution is 0.0343. The van der Waals surface area contributed by atoms with Gasteiger partial charge in [0, 0.05) is 12.1 Å². The minimum absolute atomic E-state index is 0.200. The maximum atomic E-state index is 12.7. The summed E-state index contributed by atoms with van der Waals surface area (Å²) in [5.74, 6) is -0.542. The molecule has 1 saturated heterocycles. The summed E-state index contributed by atoms with van der Waals surface area (Å²) in [6.45, 7) is 2.97. The first-order valence-corrected chi connectivity index (χ1v) is 6.62. The van der Waals surface area contributed by atoms with E-state index in [4.69, 9.17) is 4.74 Å². The van der Waals surface area contributed by atoms with E-state index < -0.39 is 0 Å². The number of ether oxygens (including phenoxy) is 1. The Morgan fingerprint density at radius 2 is 2.00 bits per heavy atom. The summed E-state index contributed by atoms with van der Waals surface area (Å²) in [5.41, 5.74) is 0.461. The van der Waals surface area contributed by atoms with Crippen LogP contribution in [-0.4, -0.2) is 38.3 Å². The second-order valence-corrected chi connectivity index (χ2v) is 4.58. The fourth-order valence-electron chi connectivity index (χ4n) is 2.06. The third kappa shape index (κ3) is 4.61. The number of carbonyl (C=O) groups excluding carboxylic acids is 1. The molecule has 4 nitrogen and oxygen atoms in total. The molecule has 0 aliphatic carbocycles. The van der Waals surface area contributed by atoms with E-state index in [1.807, 2.05) is 0 Å². The van der Waals surface area contributed by atoms with Gasteiger partial charge in [0.2, 0.25) is 0 Å². The third-order valence-corrected chi connectivity index (χ3v) is 3.13. The zero-order valence-electron chi connectivity index (χ0n) is 10.8. The van der Waals surface area contributed by atoms with Crippen LogP contribution in [0.2, 0.25) is 0 Å². The van der Waals surface area contributed by atoms with E-state index in [2.05, 4.69) is 10.6 Å². The van der Waals surface area contributed by atoms with Crippen LogP contribution in [-0.2, 0) is 4.74 Å². The smallest absolute Gasteiger partial charge is 0.251 e. The monoisotopic (exact) mass is 266 g/mol. The molecule has 0 bridgehead atoms. The summed E-state index contributed by atoms with van der Waals surface area (Å²) in [6.07, 6.45) is 2.33. The van der Waals surface area contributed by atoms with Crippen molar-refractivity contribution in [1.29, 1.82) is 0 Å². The minimum Gasteiger partial charge on any atom is -0.376 e. The summed E-state index contributed by atoms with van der Waals surface area (Å²) in [7, 11) is 0. The second kappa shape index (κ2) is 7.21. The summed E-state index contributed by atoms with van der Waals surface area (Å²) >= 11 is 0. The van der Waals surface area contributed by atoms with Crippen LogP contribution < -0.4 is 10.6 Å². The van der Waals surface area contributed by atoms with Gasteiger partial charge in [-0.15, -0.1) is 0 Å². The topological polar surface area (TPSA) is 50.4 Å². The van der Waals surface area contributed by atoms with Gasteiger partial charge >= 0.3 is 0 Å². The van der Waals surface area contributed by atoms with Crippen LogP contribution in [0, 0.1) is 5.82 Å². The standard InChI is InChI=1S/C14H19FN2O2/c15-12-3-1-11(2-4-12)14(18)17-9-10-19-13-5-7-16-8-6-13/h1-4,13,16H,5-10H2,(H,17,18). The molecule has 104 valence electrons. The van der Waals surface area contributed by atoms with Gasteiger partial charge in [0.05, 0.1) is 12.7 Å². The van der Waals surface area contributed by atoms with Gasteiger partial charge in [-0.1, -0.05) is 0 Å². The molecule has 1 fully saturated rings. The van der Waals surface area contributed by atoms with Crippen LogP contribution in [0.1, 0.15) is 23.2 Å². The maximum absolute atomic E-state index is 12.7. The average Bonchev–Trinajstić information content (AvgIpc) is 2.45. The van der Waals surface area contributed by atoms with Crippen molar-refractivity contribution in [1.82, 2.24) is 10.6 Å². The zero-order chi connectivity index (χ0) is 13.5. The molecular weight excluding hydrogens is 247 g/mol. The molecule has 1 amide bonds. The lowest BCUT2D eigenvalue weighted by Gasteiger charge is -2.22. The summed E-state index contributed by atoms with van der Waals surface area (Å²) in [6, 6.07) is 5.50. The predicted molar refractivity (Wildman–Crippen MR) is 70.6 cm³/mol. The van der Waals surface area contributed by atoms with Crippen molar-refractivity contribution >= 4 is 5.91 Å².